The highest BCUT2D eigenvalue weighted by atomic mass is 32.2. The normalized spacial score (nSPS) is 12.4. The Kier molecular flexibility index (Phi) is 6.66. The summed E-state index contributed by atoms with van der Waals surface area (Å²) >= 11 is 1.87. The number of aromatic nitrogens is 3. The highest BCUT2D eigenvalue weighted by molar-refractivity contribution is 7.99. The smallest absolute Gasteiger partial charge is 0.0681 e. The third kappa shape index (κ3) is 4.52. The predicted octanol–water partition coefficient (Wildman–Crippen LogP) is 14.8. The molecular weight excluding hydrogens is 723 g/mol. The van der Waals surface area contributed by atoms with Crippen molar-refractivity contribution in [1.82, 2.24) is 13.7 Å². The summed E-state index contributed by atoms with van der Waals surface area (Å²) in [6.45, 7) is 0. The Hall–Kier alpha value is -7.27. The van der Waals surface area contributed by atoms with Crippen molar-refractivity contribution in [2.75, 3.05) is 0 Å². The van der Waals surface area contributed by atoms with Crippen LogP contribution in [0.15, 0.2) is 210 Å². The van der Waals surface area contributed by atoms with Crippen molar-refractivity contribution in [3.05, 3.63) is 200 Å². The zero-order valence-corrected chi connectivity index (χ0v) is 32.1. The number of hydrogen-bond donors (Lipinski definition) is 0. The number of para-hydroxylation sites is 5. The van der Waals surface area contributed by atoms with Crippen molar-refractivity contribution in [1.29, 1.82) is 0 Å². The van der Waals surface area contributed by atoms with Crippen LogP contribution in [0, 0.1) is 0 Å². The molecule has 4 heterocycles. The molecule has 9 aromatic carbocycles. The summed E-state index contributed by atoms with van der Waals surface area (Å²) in [5.74, 6) is 0. The average molecular weight is 756 g/mol. The summed E-state index contributed by atoms with van der Waals surface area (Å²) in [5, 5.41) is 7.62. The standard InChI is InChI=1S/C54H33N3S/c1-2-11-38(12-3-1)55-46-16-6-4-13-40(46)43-32-36(24-28-48(43)55)37-25-29-49-44(33-37)41-14-5-7-17-47(41)56(49)39-26-21-34(22-27-39)35-23-30-50-45(31-35)42-15-10-20-53-54(42)57(50)51-18-8-9-19-52(51)58-53/h1-33H. The molecule has 0 aliphatic carbocycles. The topological polar surface area (TPSA) is 14.8 Å². The fraction of sp³-hybridized carbons (Fsp3) is 0. The quantitative estimate of drug-likeness (QED) is 0.175. The van der Waals surface area contributed by atoms with Gasteiger partial charge in [-0.2, -0.15) is 0 Å². The summed E-state index contributed by atoms with van der Waals surface area (Å²) in [6, 6.07) is 73.7. The lowest BCUT2D eigenvalue weighted by Gasteiger charge is -2.19. The fourth-order valence-electron chi connectivity index (χ4n) is 9.64. The van der Waals surface area contributed by atoms with Crippen LogP contribution in [0.5, 0.6) is 0 Å². The third-order valence-electron chi connectivity index (χ3n) is 12.2. The average Bonchev–Trinajstić information content (AvgIpc) is 3.93. The van der Waals surface area contributed by atoms with E-state index in [0.29, 0.717) is 0 Å². The van der Waals surface area contributed by atoms with E-state index in [1.54, 1.807) is 0 Å². The molecule has 0 bridgehead atoms. The molecule has 0 atom stereocenters. The number of benzene rings is 9. The summed E-state index contributed by atoms with van der Waals surface area (Å²) in [6.07, 6.45) is 0. The van der Waals surface area contributed by atoms with Gasteiger partial charge >= 0.3 is 0 Å². The van der Waals surface area contributed by atoms with Gasteiger partial charge in [-0.15, -0.1) is 0 Å². The Balaban J connectivity index is 0.907. The second-order valence-electron chi connectivity index (χ2n) is 15.3. The molecule has 58 heavy (non-hydrogen) atoms. The molecule has 0 N–H and O–H groups in total. The van der Waals surface area contributed by atoms with E-state index in [0.717, 1.165) is 5.69 Å². The van der Waals surface area contributed by atoms with Crippen LogP contribution in [0.3, 0.4) is 0 Å². The van der Waals surface area contributed by atoms with Crippen LogP contribution in [-0.4, -0.2) is 13.7 Å². The molecule has 4 heteroatoms. The van der Waals surface area contributed by atoms with Crippen molar-refractivity contribution in [3.63, 3.8) is 0 Å². The molecule has 1 aliphatic heterocycles. The number of nitrogens with zero attached hydrogens (tertiary/aromatic N) is 3. The third-order valence-corrected chi connectivity index (χ3v) is 13.3. The number of rotatable bonds is 4. The van der Waals surface area contributed by atoms with Gasteiger partial charge in [0.05, 0.1) is 38.8 Å². The summed E-state index contributed by atoms with van der Waals surface area (Å²) in [5.41, 5.74) is 15.8. The Labute approximate surface area is 338 Å². The molecule has 0 unspecified atom stereocenters. The van der Waals surface area contributed by atoms with Crippen molar-refractivity contribution >= 4 is 77.2 Å². The molecule has 270 valence electrons. The van der Waals surface area contributed by atoms with Gasteiger partial charge in [0.1, 0.15) is 0 Å². The zero-order chi connectivity index (χ0) is 37.9. The molecule has 0 saturated heterocycles. The van der Waals surface area contributed by atoms with Crippen LogP contribution in [0.2, 0.25) is 0 Å². The van der Waals surface area contributed by atoms with Crippen LogP contribution in [0.1, 0.15) is 0 Å². The highest BCUT2D eigenvalue weighted by Crippen LogP contribution is 2.47. The van der Waals surface area contributed by atoms with Crippen molar-refractivity contribution in [2.24, 2.45) is 0 Å². The van der Waals surface area contributed by atoms with Crippen molar-refractivity contribution in [2.45, 2.75) is 9.79 Å². The lowest BCUT2D eigenvalue weighted by atomic mass is 10.0. The SMILES string of the molecule is c1ccc(-n2c3ccccc3c3cc(-c4ccc5c(c4)c4ccccc4n5-c4ccc(-c5ccc6c(c5)c5cccc7c5n6-c5ccccc5S7)cc4)ccc32)cc1. The second kappa shape index (κ2) is 12.1. The molecule has 3 aromatic heterocycles. The fourth-order valence-corrected chi connectivity index (χ4v) is 10.7. The molecule has 3 nitrogen and oxygen atoms in total. The van der Waals surface area contributed by atoms with Gasteiger partial charge in [0.15, 0.2) is 0 Å². The van der Waals surface area contributed by atoms with E-state index in [9.17, 15) is 0 Å². The van der Waals surface area contributed by atoms with Gasteiger partial charge in [0.25, 0.3) is 0 Å². The van der Waals surface area contributed by atoms with Crippen LogP contribution in [-0.2, 0) is 0 Å². The minimum Gasteiger partial charge on any atom is -0.309 e. The Morgan fingerprint density at radius 2 is 0.724 bits per heavy atom. The summed E-state index contributed by atoms with van der Waals surface area (Å²) < 4.78 is 7.24. The number of hydrogen-bond acceptors (Lipinski definition) is 1. The maximum Gasteiger partial charge on any atom is 0.0681 e. The monoisotopic (exact) mass is 755 g/mol. The Bertz CT molecular complexity index is 3640. The first-order valence-corrected chi connectivity index (χ1v) is 20.7. The molecule has 0 amide bonds. The van der Waals surface area contributed by atoms with Gasteiger partial charge in [-0.1, -0.05) is 121 Å². The van der Waals surface area contributed by atoms with E-state index in [1.165, 1.54) is 109 Å². The summed E-state index contributed by atoms with van der Waals surface area (Å²) in [7, 11) is 0. The minimum absolute atomic E-state index is 1.15. The van der Waals surface area contributed by atoms with E-state index < -0.39 is 0 Å². The second-order valence-corrected chi connectivity index (χ2v) is 16.4. The maximum atomic E-state index is 2.45. The van der Waals surface area contributed by atoms with E-state index in [2.05, 4.69) is 214 Å². The Morgan fingerprint density at radius 1 is 0.276 bits per heavy atom. The zero-order valence-electron chi connectivity index (χ0n) is 31.3. The first-order valence-electron chi connectivity index (χ1n) is 19.8. The summed E-state index contributed by atoms with van der Waals surface area (Å²) in [4.78, 5) is 2.61. The molecule has 0 saturated carbocycles. The van der Waals surface area contributed by atoms with Gasteiger partial charge in [0, 0.05) is 53.5 Å². The lowest BCUT2D eigenvalue weighted by molar-refractivity contribution is 1.09. The van der Waals surface area contributed by atoms with Crippen LogP contribution >= 0.6 is 11.8 Å². The van der Waals surface area contributed by atoms with Crippen molar-refractivity contribution < 1.29 is 0 Å². The van der Waals surface area contributed by atoms with Gasteiger partial charge in [-0.3, -0.25) is 0 Å². The molecule has 0 fully saturated rings. The van der Waals surface area contributed by atoms with Gasteiger partial charge in [-0.25, -0.2) is 0 Å². The highest BCUT2D eigenvalue weighted by Gasteiger charge is 2.23. The van der Waals surface area contributed by atoms with E-state index in [-0.39, 0.29) is 0 Å². The first-order chi connectivity index (χ1) is 28.8. The first kappa shape index (κ1) is 31.9. The molecule has 1 aliphatic rings. The van der Waals surface area contributed by atoms with Gasteiger partial charge in [0.2, 0.25) is 0 Å². The van der Waals surface area contributed by atoms with E-state index >= 15 is 0 Å². The predicted molar refractivity (Wildman–Crippen MR) is 244 cm³/mol. The Morgan fingerprint density at radius 3 is 1.38 bits per heavy atom. The van der Waals surface area contributed by atoms with Crippen LogP contribution in [0.25, 0.3) is 105 Å². The molecule has 12 aromatic rings. The molecule has 13 rings (SSSR count). The van der Waals surface area contributed by atoms with Gasteiger partial charge in [-0.05, 0) is 113 Å². The maximum absolute atomic E-state index is 2.45. The molecular formula is C54H33N3S. The molecule has 0 spiro atoms. The molecule has 0 radical (unpaired) electrons. The number of fused-ring (bicyclic) bond motifs is 11. The largest absolute Gasteiger partial charge is 0.309 e. The lowest BCUT2D eigenvalue weighted by Crippen LogP contribution is -2.00. The van der Waals surface area contributed by atoms with E-state index in [4.69, 9.17) is 0 Å². The van der Waals surface area contributed by atoms with Crippen molar-refractivity contribution in [3.8, 4) is 39.3 Å². The van der Waals surface area contributed by atoms with E-state index in [1.807, 2.05) is 11.8 Å². The minimum atomic E-state index is 1.15. The van der Waals surface area contributed by atoms with Gasteiger partial charge < -0.3 is 13.7 Å². The van der Waals surface area contributed by atoms with Crippen LogP contribution < -0.4 is 0 Å². The van der Waals surface area contributed by atoms with Crippen LogP contribution in [0.4, 0.5) is 0 Å².